The number of fused-ring (bicyclic) bond motifs is 1. The number of nitrogens with zero attached hydrogens (tertiary/aromatic N) is 2. The molecule has 0 aromatic heterocycles. The minimum Gasteiger partial charge on any atom is -0.488 e. The van der Waals surface area contributed by atoms with Crippen LogP contribution in [0, 0.1) is 5.92 Å². The van der Waals surface area contributed by atoms with Gasteiger partial charge in [0.1, 0.15) is 11.9 Å². The fraction of sp³-hybridized carbons (Fsp3) is 0.562. The molecular formula is C32H43F3N4O4. The van der Waals surface area contributed by atoms with Crippen molar-refractivity contribution in [2.24, 2.45) is 5.92 Å². The Bertz CT molecular complexity index is 1230. The van der Waals surface area contributed by atoms with E-state index < -0.39 is 17.8 Å². The molecule has 8 nitrogen and oxygen atoms in total. The van der Waals surface area contributed by atoms with Crippen molar-refractivity contribution in [3.63, 3.8) is 0 Å². The Balaban J connectivity index is 1.52. The summed E-state index contributed by atoms with van der Waals surface area (Å²) in [6.45, 7) is 4.81. The number of alkyl halides is 3. The van der Waals surface area contributed by atoms with Crippen LogP contribution < -0.4 is 15.4 Å². The lowest BCUT2D eigenvalue weighted by molar-refractivity contribution is -0.137. The number of nitrogens with one attached hydrogen (secondary N) is 2. The number of likely N-dealkylation sites (N-methyl/N-ethyl adjacent to an activating group) is 1. The van der Waals surface area contributed by atoms with Crippen LogP contribution in [0.15, 0.2) is 42.5 Å². The van der Waals surface area contributed by atoms with Crippen molar-refractivity contribution in [3.05, 3.63) is 59.2 Å². The lowest BCUT2D eigenvalue weighted by atomic mass is 9.96. The summed E-state index contributed by atoms with van der Waals surface area (Å²) in [6.07, 6.45) is 0.608. The molecule has 0 spiro atoms. The molecule has 236 valence electrons. The molecule has 1 aliphatic carbocycles. The average Bonchev–Trinajstić information content (AvgIpc) is 3.00. The van der Waals surface area contributed by atoms with Crippen LogP contribution in [0.1, 0.15) is 62.6 Å². The molecule has 0 saturated heterocycles. The second kappa shape index (κ2) is 14.4. The van der Waals surface area contributed by atoms with Gasteiger partial charge in [-0.3, -0.25) is 9.69 Å². The van der Waals surface area contributed by atoms with E-state index in [4.69, 9.17) is 4.74 Å². The maximum absolute atomic E-state index is 13.5. The van der Waals surface area contributed by atoms with E-state index in [0.29, 0.717) is 36.6 Å². The number of ether oxygens (including phenoxy) is 1. The fourth-order valence-corrected chi connectivity index (χ4v) is 5.81. The summed E-state index contributed by atoms with van der Waals surface area (Å²) in [5.41, 5.74) is 1.22. The molecule has 2 aliphatic rings. The first-order valence-electron chi connectivity index (χ1n) is 15.0. The molecule has 3 atom stereocenters. The maximum Gasteiger partial charge on any atom is 0.416 e. The second-order valence-corrected chi connectivity index (χ2v) is 12.0. The lowest BCUT2D eigenvalue weighted by Gasteiger charge is -2.34. The van der Waals surface area contributed by atoms with Crippen LogP contribution in [0.25, 0.3) is 0 Å². The van der Waals surface area contributed by atoms with Crippen LogP contribution in [0.3, 0.4) is 0 Å². The summed E-state index contributed by atoms with van der Waals surface area (Å²) in [7, 11) is 1.87. The van der Waals surface area contributed by atoms with E-state index >= 15 is 0 Å². The molecule has 1 aliphatic heterocycles. The molecule has 0 radical (unpaired) electrons. The Morgan fingerprint density at radius 1 is 1.14 bits per heavy atom. The Kier molecular flexibility index (Phi) is 10.9. The number of urea groups is 1. The highest BCUT2D eigenvalue weighted by Gasteiger charge is 2.32. The monoisotopic (exact) mass is 604 g/mol. The third-order valence-corrected chi connectivity index (χ3v) is 8.34. The second-order valence-electron chi connectivity index (χ2n) is 12.0. The number of hydrogen-bond donors (Lipinski definition) is 3. The van der Waals surface area contributed by atoms with Crippen molar-refractivity contribution in [3.8, 4) is 5.75 Å². The molecule has 1 saturated carbocycles. The Labute approximate surface area is 251 Å². The zero-order valence-corrected chi connectivity index (χ0v) is 25.1. The summed E-state index contributed by atoms with van der Waals surface area (Å²) >= 11 is 0. The summed E-state index contributed by atoms with van der Waals surface area (Å²) in [5.74, 6) is 0.253. The number of carbonyl (C=O) groups excluding carboxylic acids is 2. The Morgan fingerprint density at radius 3 is 2.49 bits per heavy atom. The average molecular weight is 605 g/mol. The van der Waals surface area contributed by atoms with Crippen molar-refractivity contribution < 1.29 is 32.6 Å². The number of benzene rings is 2. The SMILES string of the molecule is C[C@@H]1CN([C@H](C)CO)C(=O)Cc2cc(NC(=O)NC3CCCCC3)ccc2O[C@H]1CN(C)Cc1ccc(C(F)(F)F)cc1. The van der Waals surface area contributed by atoms with Gasteiger partial charge in [0.25, 0.3) is 0 Å². The van der Waals surface area contributed by atoms with E-state index in [1.807, 2.05) is 18.9 Å². The molecule has 2 aromatic carbocycles. The van der Waals surface area contributed by atoms with Crippen LogP contribution in [0.4, 0.5) is 23.7 Å². The maximum atomic E-state index is 13.5. The molecule has 1 fully saturated rings. The predicted molar refractivity (Wildman–Crippen MR) is 159 cm³/mol. The molecule has 11 heteroatoms. The third kappa shape index (κ3) is 9.09. The minimum absolute atomic E-state index is 0.0419. The van der Waals surface area contributed by atoms with Crippen LogP contribution in [0.5, 0.6) is 5.75 Å². The van der Waals surface area contributed by atoms with E-state index in [1.54, 1.807) is 30.0 Å². The van der Waals surface area contributed by atoms with Gasteiger partial charge in [-0.05, 0) is 62.7 Å². The molecular weight excluding hydrogens is 561 g/mol. The van der Waals surface area contributed by atoms with Gasteiger partial charge in [-0.2, -0.15) is 13.2 Å². The number of carbonyl (C=O) groups is 2. The van der Waals surface area contributed by atoms with E-state index in [1.165, 1.54) is 18.6 Å². The number of hydrogen-bond acceptors (Lipinski definition) is 5. The van der Waals surface area contributed by atoms with Gasteiger partial charge in [0.2, 0.25) is 5.91 Å². The van der Waals surface area contributed by atoms with E-state index in [9.17, 15) is 27.9 Å². The molecule has 43 heavy (non-hydrogen) atoms. The summed E-state index contributed by atoms with van der Waals surface area (Å²) in [4.78, 5) is 29.8. The molecule has 0 bridgehead atoms. The first-order valence-corrected chi connectivity index (χ1v) is 15.0. The zero-order chi connectivity index (χ0) is 31.1. The molecule has 3 amide bonds. The standard InChI is InChI=1S/C32H43F3N4O4/c1-21-17-39(22(2)20-40)30(41)16-24-15-27(37-31(42)36-26-7-5-4-6-8-26)13-14-28(24)43-29(21)19-38(3)18-23-9-11-25(12-10-23)32(33,34)35/h9-15,21-22,26,29,40H,4-8,16-20H2,1-3H3,(H2,36,37,42)/t21-,22-,29+/m1/s1. The van der Waals surface area contributed by atoms with Crippen molar-refractivity contribution >= 4 is 17.6 Å². The highest BCUT2D eigenvalue weighted by Crippen LogP contribution is 2.31. The molecule has 2 aromatic rings. The molecule has 1 heterocycles. The first-order chi connectivity index (χ1) is 20.4. The number of anilines is 1. The summed E-state index contributed by atoms with van der Waals surface area (Å²) < 4.78 is 45.5. The highest BCUT2D eigenvalue weighted by molar-refractivity contribution is 5.90. The van der Waals surface area contributed by atoms with Crippen molar-refractivity contribution in [1.29, 1.82) is 0 Å². The van der Waals surface area contributed by atoms with Gasteiger partial charge in [-0.15, -0.1) is 0 Å². The van der Waals surface area contributed by atoms with Gasteiger partial charge in [-0.25, -0.2) is 4.79 Å². The van der Waals surface area contributed by atoms with Crippen molar-refractivity contribution in [2.75, 3.05) is 32.1 Å². The molecule has 3 N–H and O–H groups in total. The third-order valence-electron chi connectivity index (χ3n) is 8.34. The number of aliphatic hydroxyl groups is 1. The largest absolute Gasteiger partial charge is 0.488 e. The van der Waals surface area contributed by atoms with Gasteiger partial charge >= 0.3 is 12.2 Å². The van der Waals surface area contributed by atoms with Crippen LogP contribution >= 0.6 is 0 Å². The number of aliphatic hydroxyl groups excluding tert-OH is 1. The van der Waals surface area contributed by atoms with Crippen molar-refractivity contribution in [2.45, 2.75) is 83.3 Å². The van der Waals surface area contributed by atoms with Crippen molar-refractivity contribution in [1.82, 2.24) is 15.1 Å². The highest BCUT2D eigenvalue weighted by atomic mass is 19.4. The number of amides is 3. The van der Waals surface area contributed by atoms with E-state index in [0.717, 1.165) is 43.4 Å². The van der Waals surface area contributed by atoms with Gasteiger partial charge in [0.15, 0.2) is 0 Å². The quantitative estimate of drug-likeness (QED) is 0.373. The molecule has 4 rings (SSSR count). The normalized spacial score (nSPS) is 20.8. The minimum atomic E-state index is -4.39. The van der Waals surface area contributed by atoms with Gasteiger partial charge in [-0.1, -0.05) is 38.3 Å². The number of rotatable bonds is 8. The fourth-order valence-electron chi connectivity index (χ4n) is 5.81. The summed E-state index contributed by atoms with van der Waals surface area (Å²) in [5, 5.41) is 15.8. The van der Waals surface area contributed by atoms with Gasteiger partial charge in [0.05, 0.1) is 24.6 Å². The van der Waals surface area contributed by atoms with E-state index in [2.05, 4.69) is 10.6 Å². The Hall–Kier alpha value is -3.31. The topological polar surface area (TPSA) is 94.1 Å². The van der Waals surface area contributed by atoms with Gasteiger partial charge < -0.3 is 25.4 Å². The smallest absolute Gasteiger partial charge is 0.416 e. The van der Waals surface area contributed by atoms with Crippen LogP contribution in [-0.2, 0) is 23.9 Å². The lowest BCUT2D eigenvalue weighted by Crippen LogP contribution is -2.47. The summed E-state index contributed by atoms with van der Waals surface area (Å²) in [6, 6.07) is 9.87. The predicted octanol–water partition coefficient (Wildman–Crippen LogP) is 5.44. The van der Waals surface area contributed by atoms with Gasteiger partial charge in [0, 0.05) is 42.8 Å². The van der Waals surface area contributed by atoms with Crippen LogP contribution in [-0.4, -0.2) is 71.8 Å². The number of halogens is 3. The van der Waals surface area contributed by atoms with Crippen LogP contribution in [0.2, 0.25) is 0 Å². The van der Waals surface area contributed by atoms with E-state index in [-0.39, 0.29) is 43.0 Å². The Morgan fingerprint density at radius 2 is 1.84 bits per heavy atom. The first kappa shape index (κ1) is 32.6. The molecule has 0 unspecified atom stereocenters. The zero-order valence-electron chi connectivity index (χ0n) is 25.1.